The van der Waals surface area contributed by atoms with Gasteiger partial charge in [-0.25, -0.2) is 9.37 Å². The van der Waals surface area contributed by atoms with Gasteiger partial charge in [0.05, 0.1) is 17.2 Å². The highest BCUT2D eigenvalue weighted by atomic mass is 19.1. The number of nitrogens with one attached hydrogen (secondary N) is 2. The molecular formula is C25H28FN7O3. The topological polar surface area (TPSA) is 140 Å². The van der Waals surface area contributed by atoms with Gasteiger partial charge in [0.25, 0.3) is 5.91 Å². The van der Waals surface area contributed by atoms with Crippen LogP contribution in [0, 0.1) is 5.82 Å². The number of hydrogen-bond donors (Lipinski definition) is 4. The number of amides is 1. The number of anilines is 2. The van der Waals surface area contributed by atoms with Gasteiger partial charge in [0.2, 0.25) is 0 Å². The van der Waals surface area contributed by atoms with Gasteiger partial charge in [-0.1, -0.05) is 0 Å². The molecule has 0 unspecified atom stereocenters. The Hall–Kier alpha value is -3.83. The molecule has 2 heterocycles. The number of fused-ring (bicyclic) bond motifs is 2. The lowest BCUT2D eigenvalue weighted by molar-refractivity contribution is 0.102. The summed E-state index contributed by atoms with van der Waals surface area (Å²) < 4.78 is 22.0. The first-order valence-electron chi connectivity index (χ1n) is 11.8. The van der Waals surface area contributed by atoms with Gasteiger partial charge >= 0.3 is 6.01 Å². The minimum atomic E-state index is -0.527. The van der Waals surface area contributed by atoms with Crippen molar-refractivity contribution < 1.29 is 19.0 Å². The molecule has 0 saturated heterocycles. The molecular weight excluding hydrogens is 465 g/mol. The molecule has 4 aromatic rings. The highest BCUT2D eigenvalue weighted by molar-refractivity contribution is 6.14. The Morgan fingerprint density at radius 2 is 2.17 bits per heavy atom. The predicted octanol–water partition coefficient (Wildman–Crippen LogP) is 2.96. The molecule has 1 aliphatic carbocycles. The maximum absolute atomic E-state index is 14.5. The Balaban J connectivity index is 1.49. The number of nitrogens with zero attached hydrogens (tertiary/aromatic N) is 4. The molecule has 5 N–H and O–H groups in total. The molecule has 1 saturated carbocycles. The number of aryl methyl sites for hydroxylation is 1. The third kappa shape index (κ3) is 4.93. The fourth-order valence-electron chi connectivity index (χ4n) is 4.42. The van der Waals surface area contributed by atoms with E-state index in [0.29, 0.717) is 47.8 Å². The van der Waals surface area contributed by atoms with Gasteiger partial charge < -0.3 is 26.2 Å². The first-order chi connectivity index (χ1) is 17.3. The molecule has 36 heavy (non-hydrogen) atoms. The number of aliphatic hydroxyl groups is 1. The molecule has 0 bridgehead atoms. The van der Waals surface area contributed by atoms with Crippen LogP contribution in [0.1, 0.15) is 36.5 Å². The van der Waals surface area contributed by atoms with Crippen LogP contribution in [0.2, 0.25) is 0 Å². The Morgan fingerprint density at radius 1 is 1.33 bits per heavy atom. The Kier molecular flexibility index (Phi) is 6.42. The van der Waals surface area contributed by atoms with Gasteiger partial charge in [-0.15, -0.1) is 0 Å². The van der Waals surface area contributed by atoms with Crippen molar-refractivity contribution in [3.8, 4) is 6.01 Å². The van der Waals surface area contributed by atoms with E-state index < -0.39 is 17.8 Å². The molecule has 3 atom stereocenters. The summed E-state index contributed by atoms with van der Waals surface area (Å²) in [6, 6.07) is 6.36. The third-order valence-corrected chi connectivity index (χ3v) is 6.15. The number of halogens is 1. The van der Waals surface area contributed by atoms with E-state index in [4.69, 9.17) is 10.5 Å². The fraction of sp³-hybridized carbons (Fsp3) is 0.360. The number of benzene rings is 2. The second-order valence-corrected chi connectivity index (χ2v) is 9.29. The highest BCUT2D eigenvalue weighted by Crippen LogP contribution is 2.29. The van der Waals surface area contributed by atoms with Crippen LogP contribution in [0.4, 0.5) is 15.8 Å². The summed E-state index contributed by atoms with van der Waals surface area (Å²) in [7, 11) is 1.70. The smallest absolute Gasteiger partial charge is 0.317 e. The second kappa shape index (κ2) is 9.67. The molecule has 2 aromatic heterocycles. The summed E-state index contributed by atoms with van der Waals surface area (Å²) in [5.74, 6) is -0.984. The van der Waals surface area contributed by atoms with E-state index in [-0.39, 0.29) is 29.2 Å². The quantitative estimate of drug-likeness (QED) is 0.308. The SMILES string of the molecule is C[C@H](N)CNc1ccc(C(=O)Nc2cc(F)c3nn(C)cc3c2)c2nc(O[C@H]3CC[C@H](O)C3)ncc12. The van der Waals surface area contributed by atoms with Crippen LogP contribution in [0.3, 0.4) is 0 Å². The first kappa shape index (κ1) is 23.9. The second-order valence-electron chi connectivity index (χ2n) is 9.29. The number of aliphatic hydroxyl groups excluding tert-OH is 1. The highest BCUT2D eigenvalue weighted by Gasteiger charge is 2.25. The van der Waals surface area contributed by atoms with Crippen LogP contribution in [0.5, 0.6) is 6.01 Å². The zero-order valence-electron chi connectivity index (χ0n) is 20.0. The predicted molar refractivity (Wildman–Crippen MR) is 135 cm³/mol. The van der Waals surface area contributed by atoms with Crippen LogP contribution in [0.25, 0.3) is 21.8 Å². The van der Waals surface area contributed by atoms with Crippen molar-refractivity contribution in [1.82, 2.24) is 19.7 Å². The fourth-order valence-corrected chi connectivity index (χ4v) is 4.42. The molecule has 10 nitrogen and oxygen atoms in total. The number of hydrogen-bond acceptors (Lipinski definition) is 8. The van der Waals surface area contributed by atoms with E-state index in [1.54, 1.807) is 37.6 Å². The number of rotatable bonds is 7. The average Bonchev–Trinajstić information content (AvgIpc) is 3.41. The van der Waals surface area contributed by atoms with E-state index in [2.05, 4.69) is 25.7 Å². The lowest BCUT2D eigenvalue weighted by atomic mass is 10.1. The van der Waals surface area contributed by atoms with E-state index in [1.807, 2.05) is 6.92 Å². The zero-order chi connectivity index (χ0) is 25.4. The van der Waals surface area contributed by atoms with Crippen molar-refractivity contribution in [1.29, 1.82) is 0 Å². The molecule has 1 fully saturated rings. The molecule has 1 aliphatic rings. The van der Waals surface area contributed by atoms with Crippen LogP contribution in [-0.4, -0.2) is 55.6 Å². The van der Waals surface area contributed by atoms with Crippen LogP contribution in [0.15, 0.2) is 36.7 Å². The van der Waals surface area contributed by atoms with Gasteiger partial charge in [0.1, 0.15) is 11.6 Å². The molecule has 0 aliphatic heterocycles. The van der Waals surface area contributed by atoms with Crippen molar-refractivity contribution in [3.05, 3.63) is 48.0 Å². The molecule has 2 aromatic carbocycles. The van der Waals surface area contributed by atoms with Gasteiger partial charge in [-0.2, -0.15) is 10.1 Å². The van der Waals surface area contributed by atoms with Crippen molar-refractivity contribution in [2.45, 2.75) is 44.4 Å². The molecule has 188 valence electrons. The van der Waals surface area contributed by atoms with E-state index in [0.717, 1.165) is 5.69 Å². The molecule has 0 spiro atoms. The first-order valence-corrected chi connectivity index (χ1v) is 11.8. The summed E-state index contributed by atoms with van der Waals surface area (Å²) in [6.45, 7) is 2.40. The van der Waals surface area contributed by atoms with Crippen LogP contribution < -0.4 is 21.1 Å². The number of carbonyl (C=O) groups excluding carboxylic acids is 1. The number of nitrogens with two attached hydrogens (primary N) is 1. The van der Waals surface area contributed by atoms with Crippen LogP contribution >= 0.6 is 0 Å². The summed E-state index contributed by atoms with van der Waals surface area (Å²) in [6.07, 6.45) is 4.56. The standard InChI is InChI=1S/C25H28FN7O3/c1-13(27)10-28-21-6-5-18(23-19(21)11-29-25(31-23)36-17-4-3-16(34)9-17)24(35)30-15-7-14-12-33(2)32-22(14)20(26)8-15/h5-8,11-13,16-17,28,34H,3-4,9-10,27H2,1-2H3,(H,30,35)/t13-,16-,17-/m0/s1. The zero-order valence-corrected chi connectivity index (χ0v) is 20.0. The molecule has 5 rings (SSSR count). The lowest BCUT2D eigenvalue weighted by Gasteiger charge is -2.16. The van der Waals surface area contributed by atoms with Crippen molar-refractivity contribution in [2.24, 2.45) is 12.8 Å². The van der Waals surface area contributed by atoms with E-state index in [9.17, 15) is 14.3 Å². The maximum Gasteiger partial charge on any atom is 0.317 e. The van der Waals surface area contributed by atoms with Gasteiger partial charge in [0, 0.05) is 60.6 Å². The molecule has 0 radical (unpaired) electrons. The summed E-state index contributed by atoms with van der Waals surface area (Å²) >= 11 is 0. The van der Waals surface area contributed by atoms with Crippen molar-refractivity contribution in [3.63, 3.8) is 0 Å². The third-order valence-electron chi connectivity index (χ3n) is 6.15. The number of aromatic nitrogens is 4. The van der Waals surface area contributed by atoms with E-state index in [1.165, 1.54) is 10.7 Å². The normalized spacial score (nSPS) is 18.5. The minimum Gasteiger partial charge on any atom is -0.460 e. The van der Waals surface area contributed by atoms with Crippen molar-refractivity contribution in [2.75, 3.05) is 17.2 Å². The largest absolute Gasteiger partial charge is 0.460 e. The minimum absolute atomic E-state index is 0.0855. The molecule has 11 heteroatoms. The Labute approximate surface area is 206 Å². The lowest BCUT2D eigenvalue weighted by Crippen LogP contribution is -2.25. The average molecular weight is 494 g/mol. The maximum atomic E-state index is 14.5. The Bertz CT molecular complexity index is 1440. The van der Waals surface area contributed by atoms with E-state index >= 15 is 0 Å². The molecule has 1 amide bonds. The van der Waals surface area contributed by atoms with Crippen LogP contribution in [-0.2, 0) is 7.05 Å². The van der Waals surface area contributed by atoms with Gasteiger partial charge in [0.15, 0.2) is 5.82 Å². The monoisotopic (exact) mass is 493 g/mol. The van der Waals surface area contributed by atoms with Gasteiger partial charge in [-0.3, -0.25) is 9.48 Å². The van der Waals surface area contributed by atoms with Crippen molar-refractivity contribution >= 4 is 39.1 Å². The number of carbonyl (C=O) groups is 1. The summed E-state index contributed by atoms with van der Waals surface area (Å²) in [5.41, 5.74) is 7.82. The number of ether oxygens (including phenoxy) is 1. The van der Waals surface area contributed by atoms with Gasteiger partial charge in [-0.05, 0) is 44.0 Å². The Morgan fingerprint density at radius 3 is 2.92 bits per heavy atom. The summed E-state index contributed by atoms with van der Waals surface area (Å²) in [5, 5.41) is 21.1. The summed E-state index contributed by atoms with van der Waals surface area (Å²) in [4.78, 5) is 22.2.